The molecule has 0 saturated carbocycles. The van der Waals surface area contributed by atoms with Crippen LogP contribution in [0.15, 0.2) is 0 Å². The molecule has 0 aliphatic heterocycles. The smallest absolute Gasteiger partial charge is 0.0635 e. The second-order valence-corrected chi connectivity index (χ2v) is 4.43. The van der Waals surface area contributed by atoms with E-state index in [0.717, 1.165) is 19.6 Å². The van der Waals surface area contributed by atoms with Crippen molar-refractivity contribution in [3.63, 3.8) is 0 Å². The van der Waals surface area contributed by atoms with E-state index in [9.17, 15) is 0 Å². The van der Waals surface area contributed by atoms with Crippen molar-refractivity contribution >= 4 is 0 Å². The molecule has 0 rings (SSSR count). The summed E-state index contributed by atoms with van der Waals surface area (Å²) in [5.74, 6) is 0. The first-order valence-electron chi connectivity index (χ1n) is 6.81. The largest absolute Gasteiger partial charge is 0.301 e. The predicted molar refractivity (Wildman–Crippen MR) is 70.3 cm³/mol. The zero-order valence-corrected chi connectivity index (χ0v) is 11.1. The first-order chi connectivity index (χ1) is 8.35. The molecule has 17 heavy (non-hydrogen) atoms. The van der Waals surface area contributed by atoms with Gasteiger partial charge in [0.05, 0.1) is 12.1 Å². The van der Waals surface area contributed by atoms with E-state index in [0.29, 0.717) is 12.8 Å². The third kappa shape index (κ3) is 11.2. The summed E-state index contributed by atoms with van der Waals surface area (Å²) in [6.45, 7) is 4.89. The minimum absolute atomic E-state index is 0.571. The highest BCUT2D eigenvalue weighted by Crippen LogP contribution is 2.06. The fourth-order valence-corrected chi connectivity index (χ4v) is 1.87. The van der Waals surface area contributed by atoms with Gasteiger partial charge in [-0.3, -0.25) is 0 Å². The molecule has 0 fully saturated rings. The lowest BCUT2D eigenvalue weighted by Gasteiger charge is -2.19. The maximum absolute atomic E-state index is 8.57. The number of hydrogen-bond donors (Lipinski definition) is 0. The van der Waals surface area contributed by atoms with E-state index in [-0.39, 0.29) is 0 Å². The van der Waals surface area contributed by atoms with Crippen molar-refractivity contribution in [3.05, 3.63) is 0 Å². The molecule has 0 spiro atoms. The maximum Gasteiger partial charge on any atom is 0.0635 e. The van der Waals surface area contributed by atoms with Crippen LogP contribution in [0.4, 0.5) is 0 Å². The average Bonchev–Trinajstić information content (AvgIpc) is 2.35. The molecule has 0 heterocycles. The van der Waals surface area contributed by atoms with Gasteiger partial charge in [-0.05, 0) is 13.0 Å². The van der Waals surface area contributed by atoms with Gasteiger partial charge in [0, 0.05) is 25.9 Å². The summed E-state index contributed by atoms with van der Waals surface area (Å²) in [5.41, 5.74) is 0. The SMILES string of the molecule is CCCCCCCCN(CCC#N)CCC#N. The van der Waals surface area contributed by atoms with Crippen molar-refractivity contribution in [2.45, 2.75) is 58.3 Å². The Morgan fingerprint density at radius 3 is 1.82 bits per heavy atom. The molecule has 0 amide bonds. The first kappa shape index (κ1) is 15.9. The van der Waals surface area contributed by atoms with Crippen LogP contribution in [0, 0.1) is 22.7 Å². The van der Waals surface area contributed by atoms with Crippen LogP contribution < -0.4 is 0 Å². The van der Waals surface area contributed by atoms with Crippen molar-refractivity contribution in [1.82, 2.24) is 4.90 Å². The van der Waals surface area contributed by atoms with Gasteiger partial charge in [0.1, 0.15) is 0 Å². The lowest BCUT2D eigenvalue weighted by atomic mass is 10.1. The topological polar surface area (TPSA) is 50.8 Å². The lowest BCUT2D eigenvalue weighted by Crippen LogP contribution is -2.26. The van der Waals surface area contributed by atoms with E-state index in [1.165, 1.54) is 38.5 Å². The monoisotopic (exact) mass is 235 g/mol. The number of rotatable bonds is 11. The minimum atomic E-state index is 0.571. The van der Waals surface area contributed by atoms with Crippen molar-refractivity contribution in [3.8, 4) is 12.1 Å². The molecule has 0 N–H and O–H groups in total. The molecule has 0 bridgehead atoms. The highest BCUT2D eigenvalue weighted by Gasteiger charge is 2.03. The number of nitriles is 2. The molecule has 0 aromatic rings. The van der Waals surface area contributed by atoms with Crippen LogP contribution in [0.3, 0.4) is 0 Å². The molecule has 0 atom stereocenters. The molecule has 0 aliphatic carbocycles. The predicted octanol–water partition coefficient (Wildman–Crippen LogP) is 3.48. The first-order valence-corrected chi connectivity index (χ1v) is 6.81. The molecule has 0 aromatic heterocycles. The Hall–Kier alpha value is -1.06. The summed E-state index contributed by atoms with van der Waals surface area (Å²) in [6.07, 6.45) is 8.90. The van der Waals surface area contributed by atoms with E-state index in [4.69, 9.17) is 10.5 Å². The van der Waals surface area contributed by atoms with Gasteiger partial charge in [-0.15, -0.1) is 0 Å². The fourth-order valence-electron chi connectivity index (χ4n) is 1.87. The Morgan fingerprint density at radius 2 is 1.29 bits per heavy atom. The second kappa shape index (κ2) is 13.0. The molecular weight excluding hydrogens is 210 g/mol. The average molecular weight is 235 g/mol. The Morgan fingerprint density at radius 1 is 0.765 bits per heavy atom. The molecule has 0 saturated heterocycles. The van der Waals surface area contributed by atoms with Crippen molar-refractivity contribution in [2.24, 2.45) is 0 Å². The summed E-state index contributed by atoms with van der Waals surface area (Å²) in [6, 6.07) is 4.34. The molecule has 0 aliphatic rings. The highest BCUT2D eigenvalue weighted by molar-refractivity contribution is 4.76. The van der Waals surface area contributed by atoms with Gasteiger partial charge >= 0.3 is 0 Å². The van der Waals surface area contributed by atoms with Crippen molar-refractivity contribution in [1.29, 1.82) is 10.5 Å². The molecular formula is C14H25N3. The van der Waals surface area contributed by atoms with Crippen LogP contribution in [0.2, 0.25) is 0 Å². The van der Waals surface area contributed by atoms with E-state index >= 15 is 0 Å². The van der Waals surface area contributed by atoms with Crippen LogP contribution in [0.1, 0.15) is 58.3 Å². The van der Waals surface area contributed by atoms with E-state index < -0.39 is 0 Å². The Bertz CT molecular complexity index is 219. The van der Waals surface area contributed by atoms with Gasteiger partial charge in [0.25, 0.3) is 0 Å². The quantitative estimate of drug-likeness (QED) is 0.515. The van der Waals surface area contributed by atoms with Crippen LogP contribution in [-0.4, -0.2) is 24.5 Å². The van der Waals surface area contributed by atoms with Gasteiger partial charge in [0.2, 0.25) is 0 Å². The lowest BCUT2D eigenvalue weighted by molar-refractivity contribution is 0.278. The van der Waals surface area contributed by atoms with E-state index in [2.05, 4.69) is 24.0 Å². The number of unbranched alkanes of at least 4 members (excludes halogenated alkanes) is 5. The fraction of sp³-hybridized carbons (Fsp3) is 0.857. The summed E-state index contributed by atoms with van der Waals surface area (Å²) < 4.78 is 0. The Balaban J connectivity index is 3.54. The zero-order chi connectivity index (χ0) is 12.8. The van der Waals surface area contributed by atoms with Crippen molar-refractivity contribution < 1.29 is 0 Å². The van der Waals surface area contributed by atoms with E-state index in [1.54, 1.807) is 0 Å². The van der Waals surface area contributed by atoms with Crippen LogP contribution in [0.5, 0.6) is 0 Å². The van der Waals surface area contributed by atoms with E-state index in [1.807, 2.05) is 0 Å². The van der Waals surface area contributed by atoms with Gasteiger partial charge in [-0.2, -0.15) is 10.5 Å². The normalized spacial score (nSPS) is 10.1. The Labute approximate surface area is 106 Å². The van der Waals surface area contributed by atoms with Crippen LogP contribution in [-0.2, 0) is 0 Å². The van der Waals surface area contributed by atoms with Gasteiger partial charge in [-0.25, -0.2) is 0 Å². The second-order valence-electron chi connectivity index (χ2n) is 4.43. The zero-order valence-electron chi connectivity index (χ0n) is 11.1. The molecule has 96 valence electrons. The number of nitrogens with zero attached hydrogens (tertiary/aromatic N) is 3. The van der Waals surface area contributed by atoms with Gasteiger partial charge in [-0.1, -0.05) is 39.0 Å². The van der Waals surface area contributed by atoms with Crippen LogP contribution in [0.25, 0.3) is 0 Å². The number of hydrogen-bond acceptors (Lipinski definition) is 3. The standard InChI is InChI=1S/C14H25N3/c1-2-3-4-5-6-7-12-17(13-8-10-15)14-9-11-16/h2-9,12-14H2,1H3. The molecule has 3 heteroatoms. The highest BCUT2D eigenvalue weighted by atomic mass is 15.1. The Kier molecular flexibility index (Phi) is 12.2. The van der Waals surface area contributed by atoms with Crippen molar-refractivity contribution in [2.75, 3.05) is 19.6 Å². The van der Waals surface area contributed by atoms with Gasteiger partial charge in [0.15, 0.2) is 0 Å². The third-order valence-corrected chi connectivity index (χ3v) is 2.91. The minimum Gasteiger partial charge on any atom is -0.301 e. The molecule has 0 unspecified atom stereocenters. The molecule has 3 nitrogen and oxygen atoms in total. The summed E-state index contributed by atoms with van der Waals surface area (Å²) in [7, 11) is 0. The summed E-state index contributed by atoms with van der Waals surface area (Å²) in [5, 5.41) is 17.1. The third-order valence-electron chi connectivity index (χ3n) is 2.91. The summed E-state index contributed by atoms with van der Waals surface area (Å²) >= 11 is 0. The molecule has 0 aromatic carbocycles. The summed E-state index contributed by atoms with van der Waals surface area (Å²) in [4.78, 5) is 2.24. The van der Waals surface area contributed by atoms with Crippen LogP contribution >= 0.6 is 0 Å². The molecule has 0 radical (unpaired) electrons. The van der Waals surface area contributed by atoms with Gasteiger partial charge < -0.3 is 4.90 Å². The maximum atomic E-state index is 8.57.